The maximum absolute atomic E-state index is 11.1. The fourth-order valence-corrected chi connectivity index (χ4v) is 1.86. The van der Waals surface area contributed by atoms with E-state index in [1.807, 2.05) is 0 Å². The maximum atomic E-state index is 11.1. The molecule has 1 aromatic rings. The van der Waals surface area contributed by atoms with Gasteiger partial charge in [-0.05, 0) is 30.7 Å². The van der Waals surface area contributed by atoms with Crippen LogP contribution in [0.3, 0.4) is 0 Å². The standard InChI is InChI=1S/C8H8ClO2S/c1-6-3-7(9)5-8(4-6)12(2,10)11/h3-5H,1H2,2H3. The van der Waals surface area contributed by atoms with Gasteiger partial charge in [0.2, 0.25) is 0 Å². The van der Waals surface area contributed by atoms with Crippen LogP contribution in [0.25, 0.3) is 0 Å². The van der Waals surface area contributed by atoms with Gasteiger partial charge in [0.05, 0.1) is 4.90 Å². The Labute approximate surface area is 77.1 Å². The first kappa shape index (κ1) is 9.55. The highest BCUT2D eigenvalue weighted by molar-refractivity contribution is 7.90. The number of sulfone groups is 1. The summed E-state index contributed by atoms with van der Waals surface area (Å²) in [6.45, 7) is 3.61. The second kappa shape index (κ2) is 3.07. The Kier molecular flexibility index (Phi) is 2.44. The smallest absolute Gasteiger partial charge is 0.175 e. The van der Waals surface area contributed by atoms with E-state index in [0.29, 0.717) is 10.6 Å². The summed E-state index contributed by atoms with van der Waals surface area (Å²) in [6, 6.07) is 4.50. The molecule has 1 aromatic carbocycles. The van der Waals surface area contributed by atoms with E-state index in [1.54, 1.807) is 6.07 Å². The zero-order valence-corrected chi connectivity index (χ0v) is 8.11. The lowest BCUT2D eigenvalue weighted by Gasteiger charge is -2.00. The lowest BCUT2D eigenvalue weighted by atomic mass is 10.2. The number of hydrogen-bond donors (Lipinski definition) is 0. The monoisotopic (exact) mass is 203 g/mol. The number of halogens is 1. The fraction of sp³-hybridized carbons (Fsp3) is 0.125. The van der Waals surface area contributed by atoms with Crippen LogP contribution in [0.1, 0.15) is 5.56 Å². The highest BCUT2D eigenvalue weighted by Gasteiger charge is 2.07. The van der Waals surface area contributed by atoms with Crippen molar-refractivity contribution in [3.63, 3.8) is 0 Å². The molecule has 2 nitrogen and oxygen atoms in total. The van der Waals surface area contributed by atoms with E-state index < -0.39 is 9.84 Å². The highest BCUT2D eigenvalue weighted by Crippen LogP contribution is 2.18. The van der Waals surface area contributed by atoms with Crippen LogP contribution < -0.4 is 0 Å². The Balaban J connectivity index is 3.37. The molecule has 0 fully saturated rings. The van der Waals surface area contributed by atoms with Gasteiger partial charge < -0.3 is 0 Å². The van der Waals surface area contributed by atoms with Crippen molar-refractivity contribution in [3.8, 4) is 0 Å². The third-order valence-corrected chi connectivity index (χ3v) is 2.67. The van der Waals surface area contributed by atoms with Crippen molar-refractivity contribution in [1.82, 2.24) is 0 Å². The summed E-state index contributed by atoms with van der Waals surface area (Å²) in [7, 11) is -3.17. The summed E-state index contributed by atoms with van der Waals surface area (Å²) in [5, 5.41) is 0.392. The van der Waals surface area contributed by atoms with Crippen molar-refractivity contribution in [2.45, 2.75) is 4.90 Å². The summed E-state index contributed by atoms with van der Waals surface area (Å²) >= 11 is 5.65. The third kappa shape index (κ3) is 2.22. The van der Waals surface area contributed by atoms with Crippen LogP contribution in [0.15, 0.2) is 23.1 Å². The molecule has 0 aliphatic rings. The molecule has 1 radical (unpaired) electrons. The topological polar surface area (TPSA) is 34.1 Å². The molecule has 0 bridgehead atoms. The van der Waals surface area contributed by atoms with Gasteiger partial charge >= 0.3 is 0 Å². The van der Waals surface area contributed by atoms with Crippen LogP contribution in [0.4, 0.5) is 0 Å². The molecule has 0 aliphatic carbocycles. The summed E-state index contributed by atoms with van der Waals surface area (Å²) in [5.74, 6) is 0. The van der Waals surface area contributed by atoms with Crippen LogP contribution in [0, 0.1) is 6.92 Å². The Bertz CT molecular complexity index is 375. The van der Waals surface area contributed by atoms with Gasteiger partial charge in [-0.2, -0.15) is 0 Å². The molecule has 0 spiro atoms. The van der Waals surface area contributed by atoms with E-state index in [4.69, 9.17) is 11.6 Å². The second-order valence-electron chi connectivity index (χ2n) is 2.57. The molecular formula is C8H8ClO2S. The minimum absolute atomic E-state index is 0.208. The van der Waals surface area contributed by atoms with Gasteiger partial charge in [-0.25, -0.2) is 8.42 Å². The predicted octanol–water partition coefficient (Wildman–Crippen LogP) is 1.93. The van der Waals surface area contributed by atoms with Crippen LogP contribution in [-0.4, -0.2) is 14.7 Å². The van der Waals surface area contributed by atoms with E-state index >= 15 is 0 Å². The SMILES string of the molecule is [CH2]c1cc(Cl)cc(S(C)(=O)=O)c1. The van der Waals surface area contributed by atoms with E-state index in [1.165, 1.54) is 12.1 Å². The van der Waals surface area contributed by atoms with Crippen molar-refractivity contribution in [3.05, 3.63) is 35.7 Å². The first-order valence-corrected chi connectivity index (χ1v) is 5.49. The molecule has 0 atom stereocenters. The van der Waals surface area contributed by atoms with Crippen molar-refractivity contribution >= 4 is 21.4 Å². The quantitative estimate of drug-likeness (QED) is 0.699. The molecule has 0 aromatic heterocycles. The average Bonchev–Trinajstić information content (AvgIpc) is 1.82. The van der Waals surface area contributed by atoms with E-state index in [0.717, 1.165) is 6.26 Å². The van der Waals surface area contributed by atoms with Gasteiger partial charge in [-0.15, -0.1) is 0 Å². The lowest BCUT2D eigenvalue weighted by Crippen LogP contribution is -1.97. The zero-order valence-electron chi connectivity index (χ0n) is 6.54. The van der Waals surface area contributed by atoms with Gasteiger partial charge in [0.25, 0.3) is 0 Å². The summed E-state index contributed by atoms with van der Waals surface area (Å²) in [5.41, 5.74) is 0.600. The minimum Gasteiger partial charge on any atom is -0.224 e. The maximum Gasteiger partial charge on any atom is 0.175 e. The van der Waals surface area contributed by atoms with E-state index in [9.17, 15) is 8.42 Å². The molecule has 1 rings (SSSR count). The lowest BCUT2D eigenvalue weighted by molar-refractivity contribution is 0.602. The van der Waals surface area contributed by atoms with Crippen molar-refractivity contribution in [2.75, 3.05) is 6.26 Å². The average molecular weight is 204 g/mol. The highest BCUT2D eigenvalue weighted by atomic mass is 35.5. The molecule has 12 heavy (non-hydrogen) atoms. The molecule has 4 heteroatoms. The fourth-order valence-electron chi connectivity index (χ4n) is 0.835. The molecule has 0 heterocycles. The van der Waals surface area contributed by atoms with E-state index in [-0.39, 0.29) is 4.90 Å². The number of rotatable bonds is 1. The zero-order chi connectivity index (χ0) is 9.35. The second-order valence-corrected chi connectivity index (χ2v) is 5.02. The first-order chi connectivity index (χ1) is 5.39. The molecule has 0 unspecified atom stereocenters. The molecule has 0 saturated carbocycles. The van der Waals surface area contributed by atoms with Crippen LogP contribution in [-0.2, 0) is 9.84 Å². The van der Waals surface area contributed by atoms with Gasteiger partial charge in [0.15, 0.2) is 9.84 Å². The molecule has 0 amide bonds. The molecule has 0 N–H and O–H groups in total. The molecule has 65 valence electrons. The van der Waals surface area contributed by atoms with Crippen molar-refractivity contribution in [1.29, 1.82) is 0 Å². The minimum atomic E-state index is -3.17. The van der Waals surface area contributed by atoms with Gasteiger partial charge in [-0.3, -0.25) is 0 Å². The van der Waals surface area contributed by atoms with Crippen LogP contribution in [0.2, 0.25) is 5.02 Å². The van der Waals surface area contributed by atoms with Crippen molar-refractivity contribution < 1.29 is 8.42 Å². The summed E-state index contributed by atoms with van der Waals surface area (Å²) < 4.78 is 22.1. The number of hydrogen-bond acceptors (Lipinski definition) is 2. The Hall–Kier alpha value is -0.540. The Morgan fingerprint density at radius 1 is 1.33 bits per heavy atom. The molecule has 0 aliphatic heterocycles. The van der Waals surface area contributed by atoms with Crippen molar-refractivity contribution in [2.24, 2.45) is 0 Å². The van der Waals surface area contributed by atoms with Gasteiger partial charge in [-0.1, -0.05) is 11.6 Å². The predicted molar refractivity (Wildman–Crippen MR) is 49.0 cm³/mol. The normalized spacial score (nSPS) is 11.6. The summed E-state index contributed by atoms with van der Waals surface area (Å²) in [4.78, 5) is 0.208. The largest absolute Gasteiger partial charge is 0.224 e. The van der Waals surface area contributed by atoms with Crippen LogP contribution in [0.5, 0.6) is 0 Å². The first-order valence-electron chi connectivity index (χ1n) is 3.22. The molecule has 0 saturated heterocycles. The third-order valence-electron chi connectivity index (χ3n) is 1.36. The van der Waals surface area contributed by atoms with E-state index in [2.05, 4.69) is 6.92 Å². The summed E-state index contributed by atoms with van der Waals surface area (Å²) in [6.07, 6.45) is 1.14. The molecular weight excluding hydrogens is 196 g/mol. The Morgan fingerprint density at radius 2 is 1.92 bits per heavy atom. The number of benzene rings is 1. The van der Waals surface area contributed by atoms with Crippen LogP contribution >= 0.6 is 11.6 Å². The Morgan fingerprint density at radius 3 is 2.33 bits per heavy atom. The van der Waals surface area contributed by atoms with Gasteiger partial charge in [0.1, 0.15) is 0 Å². The van der Waals surface area contributed by atoms with Gasteiger partial charge in [0, 0.05) is 11.3 Å².